The van der Waals surface area contributed by atoms with Crippen molar-refractivity contribution in [2.75, 3.05) is 20.3 Å². The van der Waals surface area contributed by atoms with Gasteiger partial charge in [-0.1, -0.05) is 45.1 Å². The Bertz CT molecular complexity index is 548. The first kappa shape index (κ1) is 23.4. The summed E-state index contributed by atoms with van der Waals surface area (Å²) in [6, 6.07) is 7.12. The van der Waals surface area contributed by atoms with Crippen molar-refractivity contribution in [1.29, 1.82) is 0 Å². The molecule has 1 amide bonds. The Labute approximate surface area is 168 Å². The van der Waals surface area contributed by atoms with Gasteiger partial charge in [-0.05, 0) is 36.8 Å². The first-order valence-corrected chi connectivity index (χ1v) is 10.2. The van der Waals surface area contributed by atoms with E-state index in [1.807, 2.05) is 0 Å². The molecule has 0 saturated carbocycles. The number of carbonyl (C=O) groups excluding carboxylic acids is 1. The van der Waals surface area contributed by atoms with E-state index in [0.29, 0.717) is 12.3 Å². The van der Waals surface area contributed by atoms with Gasteiger partial charge >= 0.3 is 0 Å². The third kappa shape index (κ3) is 10.3. The molecular weight excluding hydrogens is 362 g/mol. The smallest absolute Gasteiger partial charge is 0.243 e. The number of amides is 1. The molecule has 152 valence electrons. The van der Waals surface area contributed by atoms with Crippen LogP contribution in [0.5, 0.6) is 11.5 Å². The highest BCUT2D eigenvalue weighted by Crippen LogP contribution is 2.22. The van der Waals surface area contributed by atoms with Crippen molar-refractivity contribution in [3.8, 4) is 11.5 Å². The molecule has 0 saturated heterocycles. The highest BCUT2D eigenvalue weighted by molar-refractivity contribution is 7.80. The zero-order valence-electron chi connectivity index (χ0n) is 16.4. The monoisotopic (exact) mass is 395 g/mol. The summed E-state index contributed by atoms with van der Waals surface area (Å²) in [7, 11) is 1.60. The standard InChI is InChI=1S/C21H33NO4S/c1-3-4-5-6-7-8-15-22-20(24)14-9-17(16-23)21(27)26-19-12-10-18(25-2)11-13-19/h9-14,17,21,23,27H,3-8,15-16H2,1-2H3,(H,22,24). The van der Waals surface area contributed by atoms with Gasteiger partial charge in [-0.2, -0.15) is 0 Å². The zero-order valence-corrected chi connectivity index (χ0v) is 17.3. The van der Waals surface area contributed by atoms with Gasteiger partial charge < -0.3 is 19.9 Å². The number of aliphatic hydroxyl groups excluding tert-OH is 1. The van der Waals surface area contributed by atoms with Crippen LogP contribution in [0.15, 0.2) is 36.4 Å². The van der Waals surface area contributed by atoms with Crippen LogP contribution in [0.3, 0.4) is 0 Å². The lowest BCUT2D eigenvalue weighted by Gasteiger charge is -2.19. The molecule has 2 N–H and O–H groups in total. The topological polar surface area (TPSA) is 67.8 Å². The highest BCUT2D eigenvalue weighted by Gasteiger charge is 2.16. The van der Waals surface area contributed by atoms with Crippen LogP contribution in [0.4, 0.5) is 0 Å². The minimum absolute atomic E-state index is 0.160. The molecule has 5 nitrogen and oxygen atoms in total. The Hall–Kier alpha value is -1.66. The second-order valence-electron chi connectivity index (χ2n) is 6.45. The molecule has 0 radical (unpaired) electrons. The van der Waals surface area contributed by atoms with E-state index in [4.69, 9.17) is 9.47 Å². The number of unbranched alkanes of at least 4 members (excludes halogenated alkanes) is 5. The number of rotatable bonds is 14. The Kier molecular flexibility index (Phi) is 12.5. The van der Waals surface area contributed by atoms with Crippen molar-refractivity contribution < 1.29 is 19.4 Å². The van der Waals surface area contributed by atoms with Crippen molar-refractivity contribution in [3.05, 3.63) is 36.4 Å². The van der Waals surface area contributed by atoms with Crippen LogP contribution in [0.1, 0.15) is 45.4 Å². The number of aliphatic hydroxyl groups is 1. The average molecular weight is 396 g/mol. The molecule has 0 aliphatic carbocycles. The van der Waals surface area contributed by atoms with Gasteiger partial charge in [0.2, 0.25) is 5.91 Å². The van der Waals surface area contributed by atoms with Crippen molar-refractivity contribution in [2.45, 2.75) is 50.9 Å². The minimum Gasteiger partial charge on any atom is -0.497 e. The van der Waals surface area contributed by atoms with Crippen LogP contribution in [-0.4, -0.2) is 36.7 Å². The van der Waals surface area contributed by atoms with Crippen LogP contribution in [-0.2, 0) is 4.79 Å². The third-order valence-corrected chi connectivity index (χ3v) is 4.71. The summed E-state index contributed by atoms with van der Waals surface area (Å²) < 4.78 is 10.8. The maximum absolute atomic E-state index is 11.9. The Morgan fingerprint density at radius 2 is 1.78 bits per heavy atom. The molecule has 27 heavy (non-hydrogen) atoms. The van der Waals surface area contributed by atoms with Gasteiger partial charge in [0.1, 0.15) is 16.9 Å². The molecule has 0 heterocycles. The van der Waals surface area contributed by atoms with Gasteiger partial charge in [-0.3, -0.25) is 4.79 Å². The fraction of sp³-hybridized carbons (Fsp3) is 0.571. The Morgan fingerprint density at radius 3 is 2.41 bits per heavy atom. The maximum Gasteiger partial charge on any atom is 0.243 e. The summed E-state index contributed by atoms with van der Waals surface area (Å²) in [6.07, 6.45) is 10.2. The quantitative estimate of drug-likeness (QED) is 0.193. The molecule has 0 aliphatic rings. The number of ether oxygens (including phenoxy) is 2. The number of hydrogen-bond donors (Lipinski definition) is 3. The van der Waals surface area contributed by atoms with E-state index >= 15 is 0 Å². The summed E-state index contributed by atoms with van der Waals surface area (Å²) >= 11 is 4.40. The van der Waals surface area contributed by atoms with Gasteiger partial charge in [-0.25, -0.2) is 0 Å². The van der Waals surface area contributed by atoms with Gasteiger partial charge in [0.15, 0.2) is 0 Å². The van der Waals surface area contributed by atoms with Gasteiger partial charge in [0, 0.05) is 12.5 Å². The minimum atomic E-state index is -0.564. The molecule has 1 rings (SSSR count). The second kappa shape index (κ2) is 14.4. The maximum atomic E-state index is 11.9. The lowest BCUT2D eigenvalue weighted by Crippen LogP contribution is -2.25. The summed E-state index contributed by atoms with van der Waals surface area (Å²) in [4.78, 5) is 11.9. The van der Waals surface area contributed by atoms with Gasteiger partial charge in [0.25, 0.3) is 0 Å². The summed E-state index contributed by atoms with van der Waals surface area (Å²) in [5.41, 5.74) is -0.564. The van der Waals surface area contributed by atoms with Crippen LogP contribution < -0.4 is 14.8 Å². The zero-order chi connectivity index (χ0) is 19.9. The number of benzene rings is 1. The molecule has 0 bridgehead atoms. The predicted octanol–water partition coefficient (Wildman–Crippen LogP) is 3.97. The molecule has 2 atom stereocenters. The SMILES string of the molecule is CCCCCCCCNC(=O)C=CC(CO)C(S)Oc1ccc(OC)cc1. The molecule has 6 heteroatoms. The highest BCUT2D eigenvalue weighted by atomic mass is 32.1. The molecule has 0 spiro atoms. The number of methoxy groups -OCH3 is 1. The van der Waals surface area contributed by atoms with Crippen LogP contribution in [0.25, 0.3) is 0 Å². The van der Waals surface area contributed by atoms with Crippen molar-refractivity contribution in [1.82, 2.24) is 5.32 Å². The van der Waals surface area contributed by atoms with Gasteiger partial charge in [0.05, 0.1) is 13.7 Å². The molecule has 0 aliphatic heterocycles. The molecule has 2 unspecified atom stereocenters. The molecule has 1 aromatic rings. The average Bonchev–Trinajstić information content (AvgIpc) is 2.68. The first-order chi connectivity index (χ1) is 13.1. The third-order valence-electron chi connectivity index (χ3n) is 4.22. The largest absolute Gasteiger partial charge is 0.497 e. The van der Waals surface area contributed by atoms with E-state index in [1.54, 1.807) is 37.5 Å². The summed E-state index contributed by atoms with van der Waals surface area (Å²) in [5.74, 6) is 0.802. The van der Waals surface area contributed by atoms with Crippen LogP contribution in [0, 0.1) is 5.92 Å². The second-order valence-corrected chi connectivity index (χ2v) is 6.96. The Balaban J connectivity index is 2.33. The number of carbonyl (C=O) groups is 1. The van der Waals surface area contributed by atoms with E-state index < -0.39 is 11.4 Å². The van der Waals surface area contributed by atoms with Crippen LogP contribution >= 0.6 is 12.6 Å². The number of thiol groups is 1. The molecule has 0 fully saturated rings. The fourth-order valence-electron chi connectivity index (χ4n) is 2.51. The summed E-state index contributed by atoms with van der Waals surface area (Å²) in [5, 5.41) is 12.4. The van der Waals surface area contributed by atoms with Crippen molar-refractivity contribution in [3.63, 3.8) is 0 Å². The van der Waals surface area contributed by atoms with E-state index in [9.17, 15) is 9.90 Å². The normalized spacial score (nSPS) is 13.3. The predicted molar refractivity (Wildman–Crippen MR) is 112 cm³/mol. The fourth-order valence-corrected chi connectivity index (χ4v) is 2.83. The lowest BCUT2D eigenvalue weighted by molar-refractivity contribution is -0.116. The van der Waals surface area contributed by atoms with E-state index in [-0.39, 0.29) is 12.5 Å². The van der Waals surface area contributed by atoms with Crippen LogP contribution in [0.2, 0.25) is 0 Å². The van der Waals surface area contributed by atoms with E-state index in [1.165, 1.54) is 31.8 Å². The number of hydrogen-bond acceptors (Lipinski definition) is 5. The summed E-state index contributed by atoms with van der Waals surface area (Å²) in [6.45, 7) is 2.71. The first-order valence-electron chi connectivity index (χ1n) is 9.66. The van der Waals surface area contributed by atoms with Crippen molar-refractivity contribution >= 4 is 18.5 Å². The lowest BCUT2D eigenvalue weighted by atomic mass is 10.1. The van der Waals surface area contributed by atoms with E-state index in [0.717, 1.165) is 18.6 Å². The molecule has 0 aromatic heterocycles. The van der Waals surface area contributed by atoms with Crippen molar-refractivity contribution in [2.24, 2.45) is 5.92 Å². The van der Waals surface area contributed by atoms with E-state index in [2.05, 4.69) is 24.9 Å². The number of nitrogens with one attached hydrogen (secondary N) is 1. The van der Waals surface area contributed by atoms with Gasteiger partial charge in [-0.15, -0.1) is 12.6 Å². The molecule has 1 aromatic carbocycles. The Morgan fingerprint density at radius 1 is 1.15 bits per heavy atom. The molecular formula is C21H33NO4S.